The topological polar surface area (TPSA) is 111 Å². The third-order valence-electron chi connectivity index (χ3n) is 3.75. The molecule has 0 saturated carbocycles. The van der Waals surface area contributed by atoms with Gasteiger partial charge in [0.15, 0.2) is 6.10 Å². The molecule has 0 fully saturated rings. The molecule has 0 aliphatic carbocycles. The molecule has 0 aliphatic rings. The summed E-state index contributed by atoms with van der Waals surface area (Å²) in [6, 6.07) is 11.0. The molecule has 0 aromatic heterocycles. The number of benzene rings is 2. The maximum atomic E-state index is 12.3. The highest BCUT2D eigenvalue weighted by Gasteiger charge is 2.20. The van der Waals surface area contributed by atoms with Crippen molar-refractivity contribution >= 4 is 29.3 Å². The van der Waals surface area contributed by atoms with Crippen LogP contribution in [0, 0.1) is 13.8 Å². The van der Waals surface area contributed by atoms with Crippen LogP contribution in [0.5, 0.6) is 0 Å². The smallest absolute Gasteiger partial charge is 0.338 e. The fraction of sp³-hybridized carbons (Fsp3) is 0.211. The van der Waals surface area contributed by atoms with Gasteiger partial charge in [-0.15, -0.1) is 0 Å². The monoisotopic (exact) mass is 355 g/mol. The zero-order valence-corrected chi connectivity index (χ0v) is 14.8. The molecule has 0 spiro atoms. The van der Waals surface area contributed by atoms with Crippen molar-refractivity contribution in [1.29, 1.82) is 0 Å². The normalized spacial score (nSPS) is 11.3. The second kappa shape index (κ2) is 8.15. The van der Waals surface area contributed by atoms with E-state index in [2.05, 4.69) is 10.6 Å². The van der Waals surface area contributed by atoms with Gasteiger partial charge in [-0.2, -0.15) is 0 Å². The number of hydrogen-bond donors (Lipinski definition) is 3. The zero-order chi connectivity index (χ0) is 19.3. The van der Waals surface area contributed by atoms with E-state index < -0.39 is 24.0 Å². The number of rotatable bonds is 5. The molecular formula is C19H21N3O4. The number of esters is 1. The van der Waals surface area contributed by atoms with E-state index in [1.807, 2.05) is 32.0 Å². The number of primary amides is 1. The van der Waals surface area contributed by atoms with Crippen molar-refractivity contribution in [2.75, 3.05) is 10.6 Å². The average molecular weight is 355 g/mol. The maximum Gasteiger partial charge on any atom is 0.338 e. The van der Waals surface area contributed by atoms with Crippen LogP contribution in [0.1, 0.15) is 28.4 Å². The molecule has 7 nitrogen and oxygen atoms in total. The Morgan fingerprint density at radius 2 is 1.62 bits per heavy atom. The first kappa shape index (κ1) is 19.0. The standard InChI is InChI=1S/C19H21N3O4/c1-11-6-4-7-12(2)16(11)22-17(23)13(3)26-18(24)14-8-5-9-15(10-14)21-19(20)25/h4-10,13H,1-3H3,(H,22,23)(H3,20,21,25)/t13-/m1/s1. The number of nitrogens with two attached hydrogens (primary N) is 1. The number of hydrogen-bond acceptors (Lipinski definition) is 4. The lowest BCUT2D eigenvalue weighted by molar-refractivity contribution is -0.123. The molecule has 2 aromatic rings. The SMILES string of the molecule is Cc1cccc(C)c1NC(=O)[C@@H](C)OC(=O)c1cccc(NC(N)=O)c1. The Kier molecular flexibility index (Phi) is 5.95. The van der Waals surface area contributed by atoms with Gasteiger partial charge in [0, 0.05) is 11.4 Å². The number of anilines is 2. The van der Waals surface area contributed by atoms with Crippen LogP contribution >= 0.6 is 0 Å². The highest BCUT2D eigenvalue weighted by molar-refractivity contribution is 5.99. The minimum atomic E-state index is -0.991. The molecule has 1 atom stereocenters. The summed E-state index contributed by atoms with van der Waals surface area (Å²) >= 11 is 0. The van der Waals surface area contributed by atoms with Crippen molar-refractivity contribution in [2.45, 2.75) is 26.9 Å². The average Bonchev–Trinajstić information content (AvgIpc) is 2.57. The van der Waals surface area contributed by atoms with Gasteiger partial charge in [0.25, 0.3) is 5.91 Å². The number of urea groups is 1. The minimum Gasteiger partial charge on any atom is -0.449 e. The molecule has 0 unspecified atom stereocenters. The number of carbonyl (C=O) groups excluding carboxylic acids is 3. The quantitative estimate of drug-likeness (QED) is 0.716. The summed E-state index contributed by atoms with van der Waals surface area (Å²) in [6.07, 6.45) is -0.991. The van der Waals surface area contributed by atoms with E-state index >= 15 is 0 Å². The summed E-state index contributed by atoms with van der Waals surface area (Å²) < 4.78 is 5.22. The molecule has 26 heavy (non-hydrogen) atoms. The molecule has 2 rings (SSSR count). The highest BCUT2D eigenvalue weighted by atomic mass is 16.5. The molecule has 4 N–H and O–H groups in total. The van der Waals surface area contributed by atoms with E-state index in [1.54, 1.807) is 12.1 Å². The number of aryl methyl sites for hydroxylation is 2. The first-order valence-corrected chi connectivity index (χ1v) is 8.02. The number of carbonyl (C=O) groups is 3. The molecule has 0 heterocycles. The molecule has 7 heteroatoms. The third kappa shape index (κ3) is 4.83. The van der Waals surface area contributed by atoms with Crippen molar-refractivity contribution in [2.24, 2.45) is 5.73 Å². The van der Waals surface area contributed by atoms with Crippen LogP contribution in [0.2, 0.25) is 0 Å². The van der Waals surface area contributed by atoms with Gasteiger partial charge in [0.2, 0.25) is 0 Å². The molecule has 0 aliphatic heterocycles. The molecular weight excluding hydrogens is 334 g/mol. The molecule has 136 valence electrons. The predicted molar refractivity (Wildman–Crippen MR) is 99.1 cm³/mol. The first-order chi connectivity index (χ1) is 12.3. The summed E-state index contributed by atoms with van der Waals surface area (Å²) in [7, 11) is 0. The van der Waals surface area contributed by atoms with Gasteiger partial charge < -0.3 is 21.1 Å². The number of para-hydroxylation sites is 1. The van der Waals surface area contributed by atoms with Crippen LogP contribution in [-0.4, -0.2) is 24.0 Å². The molecule has 0 saturated heterocycles. The van der Waals surface area contributed by atoms with Crippen LogP contribution in [0.15, 0.2) is 42.5 Å². The van der Waals surface area contributed by atoms with Gasteiger partial charge >= 0.3 is 12.0 Å². The minimum absolute atomic E-state index is 0.197. The second-order valence-corrected chi connectivity index (χ2v) is 5.87. The predicted octanol–water partition coefficient (Wildman–Crippen LogP) is 2.98. The molecule has 2 aromatic carbocycles. The Balaban J connectivity index is 2.04. The third-order valence-corrected chi connectivity index (χ3v) is 3.75. The summed E-state index contributed by atoms with van der Waals surface area (Å²) in [4.78, 5) is 35.5. The van der Waals surface area contributed by atoms with Gasteiger partial charge in [-0.3, -0.25) is 4.79 Å². The Morgan fingerprint density at radius 3 is 2.23 bits per heavy atom. The van der Waals surface area contributed by atoms with Crippen LogP contribution in [0.25, 0.3) is 0 Å². The van der Waals surface area contributed by atoms with E-state index in [-0.39, 0.29) is 5.56 Å². The van der Waals surface area contributed by atoms with Gasteiger partial charge in [0.05, 0.1) is 5.56 Å². The molecule has 0 radical (unpaired) electrons. The Labute approximate surface area is 151 Å². The fourth-order valence-corrected chi connectivity index (χ4v) is 2.38. The van der Waals surface area contributed by atoms with Crippen molar-refractivity contribution < 1.29 is 19.1 Å². The Hall–Kier alpha value is -3.35. The van der Waals surface area contributed by atoms with Gasteiger partial charge in [-0.25, -0.2) is 9.59 Å². The van der Waals surface area contributed by atoms with E-state index in [1.165, 1.54) is 19.1 Å². The molecule has 3 amide bonds. The van der Waals surface area contributed by atoms with E-state index in [9.17, 15) is 14.4 Å². The van der Waals surface area contributed by atoms with E-state index in [0.29, 0.717) is 11.4 Å². The van der Waals surface area contributed by atoms with Crippen molar-refractivity contribution in [1.82, 2.24) is 0 Å². The number of amides is 3. The highest BCUT2D eigenvalue weighted by Crippen LogP contribution is 2.20. The first-order valence-electron chi connectivity index (χ1n) is 8.02. The number of ether oxygens (including phenoxy) is 1. The summed E-state index contributed by atoms with van der Waals surface area (Å²) in [5.74, 6) is -1.11. The maximum absolute atomic E-state index is 12.3. The van der Waals surface area contributed by atoms with Crippen molar-refractivity contribution in [3.05, 3.63) is 59.2 Å². The Morgan fingerprint density at radius 1 is 1.00 bits per heavy atom. The summed E-state index contributed by atoms with van der Waals surface area (Å²) in [6.45, 7) is 5.26. The van der Waals surface area contributed by atoms with E-state index in [4.69, 9.17) is 10.5 Å². The van der Waals surface area contributed by atoms with Crippen LogP contribution in [-0.2, 0) is 9.53 Å². The number of nitrogens with one attached hydrogen (secondary N) is 2. The second-order valence-electron chi connectivity index (χ2n) is 5.87. The summed E-state index contributed by atoms with van der Waals surface area (Å²) in [5.41, 5.74) is 8.15. The summed E-state index contributed by atoms with van der Waals surface area (Å²) in [5, 5.41) is 5.16. The van der Waals surface area contributed by atoms with E-state index in [0.717, 1.165) is 11.1 Å². The van der Waals surface area contributed by atoms with Crippen LogP contribution < -0.4 is 16.4 Å². The van der Waals surface area contributed by atoms with Gasteiger partial charge in [0.1, 0.15) is 0 Å². The fourth-order valence-electron chi connectivity index (χ4n) is 2.38. The van der Waals surface area contributed by atoms with Gasteiger partial charge in [-0.05, 0) is 50.1 Å². The molecule has 0 bridgehead atoms. The lowest BCUT2D eigenvalue weighted by atomic mass is 10.1. The lowest BCUT2D eigenvalue weighted by Crippen LogP contribution is -2.30. The van der Waals surface area contributed by atoms with Crippen molar-refractivity contribution in [3.8, 4) is 0 Å². The van der Waals surface area contributed by atoms with Gasteiger partial charge in [-0.1, -0.05) is 24.3 Å². The Bertz CT molecular complexity index is 828. The van der Waals surface area contributed by atoms with Crippen LogP contribution in [0.3, 0.4) is 0 Å². The lowest BCUT2D eigenvalue weighted by Gasteiger charge is -2.16. The van der Waals surface area contributed by atoms with Crippen LogP contribution in [0.4, 0.5) is 16.2 Å². The largest absolute Gasteiger partial charge is 0.449 e. The zero-order valence-electron chi connectivity index (χ0n) is 14.8. The van der Waals surface area contributed by atoms with Crippen molar-refractivity contribution in [3.63, 3.8) is 0 Å².